The average Bonchev–Trinajstić information content (AvgIpc) is 3.14. The number of anilines is 1. The highest BCUT2D eigenvalue weighted by Crippen LogP contribution is 2.15. The van der Waals surface area contributed by atoms with Gasteiger partial charge in [-0.25, -0.2) is 4.68 Å². The summed E-state index contributed by atoms with van der Waals surface area (Å²) in [6, 6.07) is 11.9. The van der Waals surface area contributed by atoms with Gasteiger partial charge in [0.2, 0.25) is 11.8 Å². The lowest BCUT2D eigenvalue weighted by Gasteiger charge is -2.09. The zero-order valence-electron chi connectivity index (χ0n) is 14.1. The van der Waals surface area contributed by atoms with Gasteiger partial charge in [-0.3, -0.25) is 4.79 Å². The van der Waals surface area contributed by atoms with Crippen molar-refractivity contribution < 1.29 is 9.32 Å². The first-order valence-corrected chi connectivity index (χ1v) is 9.01. The van der Waals surface area contributed by atoms with Gasteiger partial charge in [0, 0.05) is 13.0 Å². The Bertz CT molecular complexity index is 844. The predicted octanol–water partition coefficient (Wildman–Crippen LogP) is 2.80. The molecule has 3 aromatic rings. The first-order valence-electron chi connectivity index (χ1n) is 7.85. The summed E-state index contributed by atoms with van der Waals surface area (Å²) in [4.78, 5) is 16.3. The van der Waals surface area contributed by atoms with Gasteiger partial charge in [0.05, 0.1) is 23.7 Å². The van der Waals surface area contributed by atoms with Crippen LogP contribution in [0.5, 0.6) is 0 Å². The largest absolute Gasteiger partial charge is 0.340 e. The van der Waals surface area contributed by atoms with Crippen molar-refractivity contribution in [2.75, 3.05) is 11.1 Å². The van der Waals surface area contributed by atoms with Crippen molar-refractivity contribution in [3.05, 3.63) is 59.4 Å². The third kappa shape index (κ3) is 4.93. The van der Waals surface area contributed by atoms with E-state index in [1.54, 1.807) is 11.6 Å². The molecular weight excluding hydrogens is 338 g/mol. The van der Waals surface area contributed by atoms with Crippen molar-refractivity contribution in [1.29, 1.82) is 0 Å². The quantitative estimate of drug-likeness (QED) is 0.700. The fourth-order valence-electron chi connectivity index (χ4n) is 2.34. The van der Waals surface area contributed by atoms with E-state index in [0.717, 1.165) is 11.3 Å². The average molecular weight is 357 g/mol. The molecule has 2 aromatic heterocycles. The van der Waals surface area contributed by atoms with Gasteiger partial charge in [0.1, 0.15) is 5.82 Å². The molecule has 0 saturated carbocycles. The van der Waals surface area contributed by atoms with Gasteiger partial charge in [0.25, 0.3) is 0 Å². The first kappa shape index (κ1) is 17.2. The van der Waals surface area contributed by atoms with Gasteiger partial charge in [-0.2, -0.15) is 10.1 Å². The number of carbonyl (C=O) groups is 1. The van der Waals surface area contributed by atoms with Gasteiger partial charge in [0.15, 0.2) is 5.82 Å². The Hall–Kier alpha value is -2.61. The van der Waals surface area contributed by atoms with Crippen LogP contribution in [0.15, 0.2) is 40.9 Å². The van der Waals surface area contributed by atoms with Gasteiger partial charge in [-0.1, -0.05) is 35.5 Å². The number of carbonyl (C=O) groups excluding carboxylic acids is 1. The van der Waals surface area contributed by atoms with E-state index in [1.165, 1.54) is 11.8 Å². The Labute approximate surface area is 149 Å². The number of nitrogens with zero attached hydrogens (tertiary/aromatic N) is 4. The molecule has 0 fully saturated rings. The van der Waals surface area contributed by atoms with Crippen LogP contribution in [0.25, 0.3) is 0 Å². The van der Waals surface area contributed by atoms with Crippen LogP contribution in [0, 0.1) is 13.8 Å². The zero-order chi connectivity index (χ0) is 17.6. The summed E-state index contributed by atoms with van der Waals surface area (Å²) in [5.74, 6) is 2.58. The third-order valence-electron chi connectivity index (χ3n) is 3.38. The summed E-state index contributed by atoms with van der Waals surface area (Å²) in [5.41, 5.74) is 1.99. The maximum Gasteiger partial charge on any atom is 0.235 e. The molecule has 2 heterocycles. The van der Waals surface area contributed by atoms with Crippen molar-refractivity contribution in [2.45, 2.75) is 26.1 Å². The molecule has 1 aromatic carbocycles. The summed E-state index contributed by atoms with van der Waals surface area (Å²) in [6.07, 6.45) is 0. The number of amides is 1. The van der Waals surface area contributed by atoms with E-state index < -0.39 is 0 Å². The second-order valence-electron chi connectivity index (χ2n) is 5.58. The van der Waals surface area contributed by atoms with Crippen molar-refractivity contribution in [3.8, 4) is 0 Å². The number of nitrogens with one attached hydrogen (secondary N) is 1. The number of rotatable bonds is 7. The van der Waals surface area contributed by atoms with Crippen LogP contribution in [-0.2, 0) is 17.1 Å². The molecule has 0 aliphatic carbocycles. The van der Waals surface area contributed by atoms with Gasteiger partial charge in [-0.05, 0) is 12.5 Å². The fraction of sp³-hybridized carbons (Fsp3) is 0.294. The minimum Gasteiger partial charge on any atom is -0.340 e. The lowest BCUT2D eigenvalue weighted by molar-refractivity contribution is -0.113. The van der Waals surface area contributed by atoms with Crippen LogP contribution in [0.2, 0.25) is 0 Å². The molecule has 8 heteroatoms. The number of hydrogen-bond acceptors (Lipinski definition) is 6. The number of aryl methyl sites for hydroxylation is 2. The van der Waals surface area contributed by atoms with Crippen molar-refractivity contribution in [3.63, 3.8) is 0 Å². The van der Waals surface area contributed by atoms with Crippen LogP contribution in [-0.4, -0.2) is 31.6 Å². The van der Waals surface area contributed by atoms with E-state index in [-0.39, 0.29) is 5.91 Å². The van der Waals surface area contributed by atoms with Gasteiger partial charge >= 0.3 is 0 Å². The summed E-state index contributed by atoms with van der Waals surface area (Å²) in [7, 11) is 0. The maximum atomic E-state index is 12.2. The number of aromatic nitrogens is 4. The van der Waals surface area contributed by atoms with E-state index in [2.05, 4.69) is 20.6 Å². The van der Waals surface area contributed by atoms with Crippen LogP contribution in [0.3, 0.4) is 0 Å². The molecule has 0 aliphatic rings. The highest BCUT2D eigenvalue weighted by atomic mass is 32.2. The molecule has 0 atom stereocenters. The highest BCUT2D eigenvalue weighted by Gasteiger charge is 2.11. The maximum absolute atomic E-state index is 12.2. The Morgan fingerprint density at radius 1 is 1.28 bits per heavy atom. The predicted molar refractivity (Wildman–Crippen MR) is 96.3 cm³/mol. The lowest BCUT2D eigenvalue weighted by Crippen LogP contribution is -2.18. The number of thioether (sulfide) groups is 1. The Balaban J connectivity index is 1.55. The second kappa shape index (κ2) is 7.98. The fourth-order valence-corrected chi connectivity index (χ4v) is 3.00. The van der Waals surface area contributed by atoms with Crippen LogP contribution >= 0.6 is 11.8 Å². The normalized spacial score (nSPS) is 10.8. The van der Waals surface area contributed by atoms with Crippen molar-refractivity contribution in [1.82, 2.24) is 19.9 Å². The van der Waals surface area contributed by atoms with Crippen LogP contribution in [0.4, 0.5) is 5.82 Å². The molecule has 3 rings (SSSR count). The van der Waals surface area contributed by atoms with Gasteiger partial charge < -0.3 is 9.84 Å². The summed E-state index contributed by atoms with van der Waals surface area (Å²) < 4.78 is 6.71. The molecule has 130 valence electrons. The molecule has 0 unspecified atom stereocenters. The smallest absolute Gasteiger partial charge is 0.235 e. The molecule has 1 amide bonds. The monoisotopic (exact) mass is 357 g/mol. The lowest BCUT2D eigenvalue weighted by atomic mass is 10.2. The van der Waals surface area contributed by atoms with E-state index in [1.807, 2.05) is 43.3 Å². The van der Waals surface area contributed by atoms with E-state index >= 15 is 0 Å². The molecular formula is C17H19N5O2S. The standard InChI is InChI=1S/C17H19N5O2S/c1-12-8-16(22(20-12)9-14-6-4-3-5-7-14)19-17(23)11-25-10-15-18-13(2)24-21-15/h3-8H,9-11H2,1-2H3,(H,19,23). The SMILES string of the molecule is Cc1cc(NC(=O)CSCc2noc(C)n2)n(Cc2ccccc2)n1. The van der Waals surface area contributed by atoms with Crippen molar-refractivity contribution in [2.24, 2.45) is 0 Å². The minimum atomic E-state index is -0.0839. The molecule has 25 heavy (non-hydrogen) atoms. The summed E-state index contributed by atoms with van der Waals surface area (Å²) in [5, 5.41) is 11.2. The number of benzene rings is 1. The Morgan fingerprint density at radius 3 is 2.80 bits per heavy atom. The summed E-state index contributed by atoms with van der Waals surface area (Å²) in [6.45, 7) is 4.26. The molecule has 1 N–H and O–H groups in total. The van der Waals surface area contributed by atoms with Crippen molar-refractivity contribution >= 4 is 23.5 Å². The molecule has 0 saturated heterocycles. The third-order valence-corrected chi connectivity index (χ3v) is 4.31. The van der Waals surface area contributed by atoms with Gasteiger partial charge in [-0.15, -0.1) is 11.8 Å². The molecule has 0 spiro atoms. The van der Waals surface area contributed by atoms with E-state index in [4.69, 9.17) is 4.52 Å². The molecule has 0 bridgehead atoms. The number of hydrogen-bond donors (Lipinski definition) is 1. The second-order valence-corrected chi connectivity index (χ2v) is 6.57. The van der Waals surface area contributed by atoms with E-state index in [9.17, 15) is 4.79 Å². The zero-order valence-corrected chi connectivity index (χ0v) is 14.9. The van der Waals surface area contributed by atoms with E-state index in [0.29, 0.717) is 35.6 Å². The summed E-state index contributed by atoms with van der Waals surface area (Å²) >= 11 is 1.44. The molecule has 0 aliphatic heterocycles. The highest BCUT2D eigenvalue weighted by molar-refractivity contribution is 7.99. The first-order chi connectivity index (χ1) is 12.1. The molecule has 0 radical (unpaired) electrons. The Morgan fingerprint density at radius 2 is 2.08 bits per heavy atom. The topological polar surface area (TPSA) is 85.8 Å². The Kier molecular flexibility index (Phi) is 5.49. The van der Waals surface area contributed by atoms with Crippen LogP contribution in [0.1, 0.15) is 23.0 Å². The van der Waals surface area contributed by atoms with Crippen LogP contribution < -0.4 is 5.32 Å². The molecule has 7 nitrogen and oxygen atoms in total. The minimum absolute atomic E-state index is 0.0839.